The van der Waals surface area contributed by atoms with E-state index >= 15 is 0 Å². The minimum absolute atomic E-state index is 0.0308. The van der Waals surface area contributed by atoms with Gasteiger partial charge in [-0.1, -0.05) is 6.07 Å². The first-order chi connectivity index (χ1) is 9.88. The van der Waals surface area contributed by atoms with Crippen molar-refractivity contribution in [2.45, 2.75) is 11.9 Å². The molecule has 0 aliphatic heterocycles. The maximum Gasteiger partial charge on any atom is 0.328 e. The van der Waals surface area contributed by atoms with Gasteiger partial charge in [0.15, 0.2) is 5.03 Å². The maximum atomic E-state index is 12.0. The Morgan fingerprint density at radius 3 is 2.76 bits per heavy atom. The summed E-state index contributed by atoms with van der Waals surface area (Å²) in [7, 11) is -3.71. The third-order valence-electron chi connectivity index (χ3n) is 2.68. The maximum absolute atomic E-state index is 12.0. The van der Waals surface area contributed by atoms with E-state index in [9.17, 15) is 13.2 Å². The third kappa shape index (κ3) is 3.69. The van der Waals surface area contributed by atoms with E-state index in [1.54, 1.807) is 25.1 Å². The molecular weight excluding hydrogens is 294 g/mol. The molecule has 0 amide bonds. The predicted molar refractivity (Wildman–Crippen MR) is 77.2 cm³/mol. The number of rotatable bonds is 5. The van der Waals surface area contributed by atoms with E-state index < -0.39 is 16.0 Å². The Labute approximate surface area is 121 Å². The number of carboxylic acid groups (broad SMARTS) is 1. The fourth-order valence-electron chi connectivity index (χ4n) is 1.66. The minimum Gasteiger partial charge on any atom is -0.478 e. The fraction of sp³-hybridized carbons (Fsp3) is 0.0769. The van der Waals surface area contributed by atoms with E-state index in [2.05, 4.69) is 14.7 Å². The van der Waals surface area contributed by atoms with Crippen LogP contribution in [0.1, 0.15) is 11.1 Å². The molecule has 3 N–H and O–H groups in total. The zero-order chi connectivity index (χ0) is 15.5. The molecular formula is C13H13N3O4S. The molecule has 0 radical (unpaired) electrons. The smallest absolute Gasteiger partial charge is 0.328 e. The summed E-state index contributed by atoms with van der Waals surface area (Å²) in [6, 6.07) is 4.88. The molecule has 8 heteroatoms. The number of hydrogen-bond donors (Lipinski definition) is 3. The van der Waals surface area contributed by atoms with E-state index in [4.69, 9.17) is 5.11 Å². The van der Waals surface area contributed by atoms with Gasteiger partial charge in [-0.25, -0.2) is 9.78 Å². The molecule has 1 aromatic carbocycles. The van der Waals surface area contributed by atoms with Crippen molar-refractivity contribution in [1.82, 2.24) is 9.97 Å². The molecule has 0 saturated heterocycles. The number of carbonyl (C=O) groups is 1. The lowest BCUT2D eigenvalue weighted by molar-refractivity contribution is -0.131. The van der Waals surface area contributed by atoms with Gasteiger partial charge >= 0.3 is 5.97 Å². The van der Waals surface area contributed by atoms with Crippen molar-refractivity contribution in [3.63, 3.8) is 0 Å². The molecule has 2 aromatic rings. The molecule has 1 heterocycles. The van der Waals surface area contributed by atoms with E-state index in [0.717, 1.165) is 6.08 Å². The monoisotopic (exact) mass is 307 g/mol. The minimum atomic E-state index is -3.71. The number of imidazole rings is 1. The summed E-state index contributed by atoms with van der Waals surface area (Å²) in [5.41, 5.74) is 1.75. The fourth-order valence-corrected chi connectivity index (χ4v) is 2.70. The summed E-state index contributed by atoms with van der Waals surface area (Å²) in [6.45, 7) is 1.73. The number of aryl methyl sites for hydroxylation is 1. The average Bonchev–Trinajstić information content (AvgIpc) is 2.94. The third-order valence-corrected chi connectivity index (χ3v) is 3.97. The number of H-pyrrole nitrogens is 1. The lowest BCUT2D eigenvalue weighted by Gasteiger charge is -2.09. The summed E-state index contributed by atoms with van der Waals surface area (Å²) in [4.78, 5) is 16.6. The van der Waals surface area contributed by atoms with Crippen LogP contribution >= 0.6 is 0 Å². The van der Waals surface area contributed by atoms with Crippen LogP contribution in [-0.4, -0.2) is 29.5 Å². The molecule has 0 aliphatic rings. The van der Waals surface area contributed by atoms with Crippen molar-refractivity contribution in [1.29, 1.82) is 0 Å². The van der Waals surface area contributed by atoms with Gasteiger partial charge in [-0.15, -0.1) is 0 Å². The van der Waals surface area contributed by atoms with Crippen molar-refractivity contribution in [2.75, 3.05) is 4.72 Å². The number of aliphatic carboxylic acids is 1. The van der Waals surface area contributed by atoms with Gasteiger partial charge in [0.1, 0.15) is 0 Å². The van der Waals surface area contributed by atoms with Gasteiger partial charge in [0, 0.05) is 6.08 Å². The molecule has 110 valence electrons. The number of anilines is 1. The lowest BCUT2D eigenvalue weighted by atomic mass is 10.1. The number of benzene rings is 1. The van der Waals surface area contributed by atoms with Gasteiger partial charge in [-0.3, -0.25) is 4.72 Å². The Morgan fingerprint density at radius 1 is 1.43 bits per heavy atom. The predicted octanol–water partition coefficient (Wildman–Crippen LogP) is 1.62. The van der Waals surface area contributed by atoms with Crippen LogP contribution in [0.4, 0.5) is 5.69 Å². The van der Waals surface area contributed by atoms with Crippen LogP contribution in [-0.2, 0) is 14.8 Å². The Balaban J connectivity index is 2.24. The number of aromatic amines is 1. The molecule has 1 aromatic heterocycles. The van der Waals surface area contributed by atoms with Crippen molar-refractivity contribution < 1.29 is 18.3 Å². The quantitative estimate of drug-likeness (QED) is 0.727. The molecule has 21 heavy (non-hydrogen) atoms. The van der Waals surface area contributed by atoms with E-state index in [-0.39, 0.29) is 5.03 Å². The number of carboxylic acids is 1. The average molecular weight is 307 g/mol. The van der Waals surface area contributed by atoms with Crippen LogP contribution in [0.2, 0.25) is 0 Å². The molecule has 0 unspecified atom stereocenters. The molecule has 0 fully saturated rings. The molecule has 2 rings (SSSR count). The number of hydrogen-bond acceptors (Lipinski definition) is 4. The van der Waals surface area contributed by atoms with Gasteiger partial charge in [-0.05, 0) is 36.3 Å². The molecule has 0 saturated carbocycles. The summed E-state index contributed by atoms with van der Waals surface area (Å²) < 4.78 is 26.5. The van der Waals surface area contributed by atoms with Gasteiger partial charge in [0.05, 0.1) is 18.2 Å². The number of nitrogens with one attached hydrogen (secondary N) is 2. The van der Waals surface area contributed by atoms with Crippen LogP contribution in [0, 0.1) is 6.92 Å². The van der Waals surface area contributed by atoms with Gasteiger partial charge in [0.25, 0.3) is 10.0 Å². The Hall–Kier alpha value is -2.61. The van der Waals surface area contributed by atoms with Gasteiger partial charge in [0.2, 0.25) is 0 Å². The number of sulfonamides is 1. The van der Waals surface area contributed by atoms with Crippen molar-refractivity contribution >= 4 is 27.8 Å². The highest BCUT2D eigenvalue weighted by Gasteiger charge is 2.16. The summed E-state index contributed by atoms with van der Waals surface area (Å²) >= 11 is 0. The first-order valence-corrected chi connectivity index (χ1v) is 7.39. The summed E-state index contributed by atoms with van der Waals surface area (Å²) in [6.07, 6.45) is 4.94. The van der Waals surface area contributed by atoms with Crippen molar-refractivity contribution in [3.05, 3.63) is 47.9 Å². The highest BCUT2D eigenvalue weighted by Crippen LogP contribution is 2.20. The van der Waals surface area contributed by atoms with Crippen LogP contribution in [0.25, 0.3) is 6.08 Å². The molecule has 7 nitrogen and oxygen atoms in total. The van der Waals surface area contributed by atoms with Crippen molar-refractivity contribution in [3.8, 4) is 0 Å². The number of nitrogens with zero attached hydrogens (tertiary/aromatic N) is 1. The van der Waals surface area contributed by atoms with Crippen LogP contribution in [0.15, 0.2) is 41.8 Å². The largest absolute Gasteiger partial charge is 0.478 e. The van der Waals surface area contributed by atoms with Crippen LogP contribution in [0.5, 0.6) is 0 Å². The zero-order valence-electron chi connectivity index (χ0n) is 11.1. The SMILES string of the molecule is Cc1cc(C=CC(=O)O)ccc1NS(=O)(=O)c1cnc[nH]1. The van der Waals surface area contributed by atoms with Crippen molar-refractivity contribution in [2.24, 2.45) is 0 Å². The molecule has 0 atom stereocenters. The topological polar surface area (TPSA) is 112 Å². The molecule has 0 spiro atoms. The Kier molecular flexibility index (Phi) is 4.08. The second kappa shape index (κ2) is 5.80. The van der Waals surface area contributed by atoms with E-state index in [1.165, 1.54) is 18.6 Å². The van der Waals surface area contributed by atoms with E-state index in [1.807, 2.05) is 0 Å². The van der Waals surface area contributed by atoms with Gasteiger partial charge in [-0.2, -0.15) is 8.42 Å². The molecule has 0 aliphatic carbocycles. The van der Waals surface area contributed by atoms with Crippen LogP contribution in [0.3, 0.4) is 0 Å². The second-order valence-corrected chi connectivity index (χ2v) is 5.92. The summed E-state index contributed by atoms with van der Waals surface area (Å²) in [5, 5.41) is 8.54. The summed E-state index contributed by atoms with van der Waals surface area (Å²) in [5.74, 6) is -1.04. The lowest BCUT2D eigenvalue weighted by Crippen LogP contribution is -2.14. The first kappa shape index (κ1) is 14.8. The standard InChI is InChI=1S/C13H13N3O4S/c1-9-6-10(3-5-13(17)18)2-4-11(9)16-21(19,20)12-7-14-8-15-12/h2-8,16H,1H3,(H,14,15)(H,17,18). The first-order valence-electron chi connectivity index (χ1n) is 5.91. The molecule has 0 bridgehead atoms. The Bertz CT molecular complexity index is 780. The highest BCUT2D eigenvalue weighted by molar-refractivity contribution is 7.92. The second-order valence-electron chi connectivity index (χ2n) is 4.27. The normalized spacial score (nSPS) is 11.7. The zero-order valence-corrected chi connectivity index (χ0v) is 11.9. The van der Waals surface area contributed by atoms with E-state index in [0.29, 0.717) is 16.8 Å². The Morgan fingerprint density at radius 2 is 2.19 bits per heavy atom. The van der Waals surface area contributed by atoms with Crippen LogP contribution < -0.4 is 4.72 Å². The van der Waals surface area contributed by atoms with Gasteiger partial charge < -0.3 is 10.1 Å². The highest BCUT2D eigenvalue weighted by atomic mass is 32.2. The number of aromatic nitrogens is 2.